The van der Waals surface area contributed by atoms with E-state index in [0.717, 1.165) is 6.54 Å². The Morgan fingerprint density at radius 2 is 2.17 bits per heavy atom. The molecular weight excluding hydrogens is 226 g/mol. The summed E-state index contributed by atoms with van der Waals surface area (Å²) < 4.78 is 1.90. The summed E-state index contributed by atoms with van der Waals surface area (Å²) >= 11 is 0. The number of likely N-dealkylation sites (N-methyl/N-ethyl adjacent to an activating group) is 1. The van der Waals surface area contributed by atoms with Gasteiger partial charge in [-0.15, -0.1) is 0 Å². The molecule has 100 valence electrons. The predicted molar refractivity (Wildman–Crippen MR) is 71.4 cm³/mol. The van der Waals surface area contributed by atoms with Crippen LogP contribution in [0.3, 0.4) is 0 Å². The molecule has 4 heterocycles. The van der Waals surface area contributed by atoms with Gasteiger partial charge in [0.15, 0.2) is 0 Å². The Kier molecular flexibility index (Phi) is 3.37. The van der Waals surface area contributed by atoms with Gasteiger partial charge in [-0.3, -0.25) is 14.5 Å². The van der Waals surface area contributed by atoms with E-state index in [1.807, 2.05) is 17.9 Å². The molecular formula is C13H23N5. The van der Waals surface area contributed by atoms with E-state index in [2.05, 4.69) is 33.2 Å². The molecule has 5 nitrogen and oxygen atoms in total. The quantitative estimate of drug-likeness (QED) is 0.819. The summed E-state index contributed by atoms with van der Waals surface area (Å²) in [5.41, 5.74) is 1.18. The molecule has 3 saturated heterocycles. The second kappa shape index (κ2) is 4.99. The van der Waals surface area contributed by atoms with Gasteiger partial charge in [0.05, 0.1) is 11.7 Å². The maximum Gasteiger partial charge on any atom is 0.0810 e. The number of hydrogen-bond acceptors (Lipinski definition) is 4. The predicted octanol–water partition coefficient (Wildman–Crippen LogP) is 0.0705. The molecule has 3 fully saturated rings. The standard InChI is InChI=1S/C13H23N5/c1-3-14-13(11-4-5-16(2)15-11)12-10-17-6-8-18(12)9-7-17/h4-5,12-14H,3,6-10H2,1-2H3. The zero-order valence-electron chi connectivity index (χ0n) is 11.3. The summed E-state index contributed by atoms with van der Waals surface area (Å²) in [6.07, 6.45) is 2.04. The Hall–Kier alpha value is -0.910. The van der Waals surface area contributed by atoms with Crippen molar-refractivity contribution < 1.29 is 0 Å². The van der Waals surface area contributed by atoms with Gasteiger partial charge in [-0.25, -0.2) is 0 Å². The number of hydrogen-bond donors (Lipinski definition) is 1. The first kappa shape index (κ1) is 12.1. The molecule has 0 saturated carbocycles. The van der Waals surface area contributed by atoms with Gasteiger partial charge in [-0.1, -0.05) is 6.92 Å². The van der Waals surface area contributed by atoms with Crippen molar-refractivity contribution in [3.05, 3.63) is 18.0 Å². The van der Waals surface area contributed by atoms with E-state index in [9.17, 15) is 0 Å². The topological polar surface area (TPSA) is 36.3 Å². The molecule has 4 rings (SSSR count). The Morgan fingerprint density at radius 1 is 1.39 bits per heavy atom. The van der Waals surface area contributed by atoms with Crippen molar-refractivity contribution in [3.63, 3.8) is 0 Å². The summed E-state index contributed by atoms with van der Waals surface area (Å²) in [5.74, 6) is 0. The van der Waals surface area contributed by atoms with Crippen LogP contribution in [0, 0.1) is 0 Å². The van der Waals surface area contributed by atoms with E-state index >= 15 is 0 Å². The molecule has 0 aromatic carbocycles. The second-order valence-corrected chi connectivity index (χ2v) is 5.35. The molecule has 1 aromatic rings. The van der Waals surface area contributed by atoms with Crippen molar-refractivity contribution in [3.8, 4) is 0 Å². The number of aryl methyl sites for hydroxylation is 1. The van der Waals surface area contributed by atoms with Crippen molar-refractivity contribution in [1.82, 2.24) is 24.9 Å². The number of nitrogens with one attached hydrogen (secondary N) is 1. The van der Waals surface area contributed by atoms with Crippen LogP contribution in [0.4, 0.5) is 0 Å². The molecule has 0 spiro atoms. The van der Waals surface area contributed by atoms with Crippen LogP contribution in [0.5, 0.6) is 0 Å². The lowest BCUT2D eigenvalue weighted by Gasteiger charge is -2.50. The lowest BCUT2D eigenvalue weighted by atomic mass is 9.97. The molecule has 0 aliphatic carbocycles. The highest BCUT2D eigenvalue weighted by Gasteiger charge is 2.37. The minimum Gasteiger partial charge on any atom is -0.308 e. The SMILES string of the molecule is CCNC(c1ccn(C)n1)C1CN2CCN1CC2. The van der Waals surface area contributed by atoms with Crippen LogP contribution in [0.2, 0.25) is 0 Å². The summed E-state index contributed by atoms with van der Waals surface area (Å²) in [4.78, 5) is 5.21. The van der Waals surface area contributed by atoms with Gasteiger partial charge in [-0.05, 0) is 12.6 Å². The molecule has 3 aliphatic rings. The number of fused-ring (bicyclic) bond motifs is 3. The zero-order chi connectivity index (χ0) is 12.5. The van der Waals surface area contributed by atoms with Gasteiger partial charge in [0.2, 0.25) is 0 Å². The van der Waals surface area contributed by atoms with Gasteiger partial charge in [0, 0.05) is 52.0 Å². The van der Waals surface area contributed by atoms with E-state index in [-0.39, 0.29) is 0 Å². The van der Waals surface area contributed by atoms with E-state index in [1.165, 1.54) is 38.4 Å². The van der Waals surface area contributed by atoms with Crippen LogP contribution in [-0.4, -0.2) is 64.9 Å². The van der Waals surface area contributed by atoms with Crippen LogP contribution in [-0.2, 0) is 7.05 Å². The lowest BCUT2D eigenvalue weighted by Crippen LogP contribution is -2.64. The van der Waals surface area contributed by atoms with Crippen LogP contribution in [0.15, 0.2) is 12.3 Å². The third-order valence-electron chi connectivity index (χ3n) is 4.18. The Bertz CT molecular complexity index is 394. The Labute approximate surface area is 109 Å². The largest absolute Gasteiger partial charge is 0.308 e. The maximum absolute atomic E-state index is 4.60. The Balaban J connectivity index is 1.81. The Morgan fingerprint density at radius 3 is 2.67 bits per heavy atom. The fourth-order valence-electron chi connectivity index (χ4n) is 3.23. The van der Waals surface area contributed by atoms with Crippen LogP contribution in [0.1, 0.15) is 18.7 Å². The molecule has 1 N–H and O–H groups in total. The van der Waals surface area contributed by atoms with Gasteiger partial charge < -0.3 is 5.32 Å². The first-order valence-corrected chi connectivity index (χ1v) is 6.97. The second-order valence-electron chi connectivity index (χ2n) is 5.35. The fraction of sp³-hybridized carbons (Fsp3) is 0.769. The zero-order valence-corrected chi connectivity index (χ0v) is 11.3. The number of aromatic nitrogens is 2. The van der Waals surface area contributed by atoms with Crippen molar-refractivity contribution in [2.75, 3.05) is 39.3 Å². The summed E-state index contributed by atoms with van der Waals surface area (Å²) in [7, 11) is 1.99. The molecule has 18 heavy (non-hydrogen) atoms. The highest BCUT2D eigenvalue weighted by molar-refractivity contribution is 5.11. The average molecular weight is 249 g/mol. The van der Waals surface area contributed by atoms with Crippen molar-refractivity contribution >= 4 is 0 Å². The fourth-order valence-corrected chi connectivity index (χ4v) is 3.23. The van der Waals surface area contributed by atoms with Crippen LogP contribution < -0.4 is 5.32 Å². The van der Waals surface area contributed by atoms with Crippen molar-refractivity contribution in [1.29, 1.82) is 0 Å². The monoisotopic (exact) mass is 249 g/mol. The third-order valence-corrected chi connectivity index (χ3v) is 4.18. The first-order valence-electron chi connectivity index (χ1n) is 6.97. The molecule has 0 radical (unpaired) electrons. The van der Waals surface area contributed by atoms with Crippen molar-refractivity contribution in [2.24, 2.45) is 7.05 Å². The van der Waals surface area contributed by atoms with E-state index < -0.39 is 0 Å². The maximum atomic E-state index is 4.60. The van der Waals surface area contributed by atoms with Gasteiger partial charge in [-0.2, -0.15) is 5.10 Å². The lowest BCUT2D eigenvalue weighted by molar-refractivity contribution is -0.00413. The van der Waals surface area contributed by atoms with Gasteiger partial charge in [0.1, 0.15) is 0 Å². The van der Waals surface area contributed by atoms with Crippen LogP contribution >= 0.6 is 0 Å². The number of piperazine rings is 3. The highest BCUT2D eigenvalue weighted by Crippen LogP contribution is 2.26. The minimum atomic E-state index is 0.360. The average Bonchev–Trinajstić information content (AvgIpc) is 2.83. The smallest absolute Gasteiger partial charge is 0.0810 e. The third kappa shape index (κ3) is 2.18. The van der Waals surface area contributed by atoms with Crippen molar-refractivity contribution in [2.45, 2.75) is 19.0 Å². The summed E-state index contributed by atoms with van der Waals surface area (Å²) in [5, 5.41) is 8.22. The molecule has 3 aliphatic heterocycles. The summed E-state index contributed by atoms with van der Waals surface area (Å²) in [6, 6.07) is 3.08. The van der Waals surface area contributed by atoms with E-state index in [1.54, 1.807) is 0 Å². The summed E-state index contributed by atoms with van der Waals surface area (Å²) in [6.45, 7) is 9.22. The molecule has 5 heteroatoms. The minimum absolute atomic E-state index is 0.360. The van der Waals surface area contributed by atoms with E-state index in [4.69, 9.17) is 0 Å². The highest BCUT2D eigenvalue weighted by atomic mass is 15.4. The molecule has 2 unspecified atom stereocenters. The molecule has 1 aromatic heterocycles. The molecule has 2 bridgehead atoms. The normalized spacial score (nSPS) is 32.7. The van der Waals surface area contributed by atoms with E-state index in [0.29, 0.717) is 12.1 Å². The first-order chi connectivity index (χ1) is 8.78. The van der Waals surface area contributed by atoms with Crippen LogP contribution in [0.25, 0.3) is 0 Å². The number of rotatable bonds is 4. The van der Waals surface area contributed by atoms with Gasteiger partial charge >= 0.3 is 0 Å². The molecule has 0 amide bonds. The molecule has 2 atom stereocenters. The van der Waals surface area contributed by atoms with Gasteiger partial charge in [0.25, 0.3) is 0 Å². The number of nitrogens with zero attached hydrogens (tertiary/aromatic N) is 4.